The maximum atomic E-state index is 13.5. The van der Waals surface area contributed by atoms with Crippen molar-refractivity contribution in [2.24, 2.45) is 0 Å². The third-order valence-electron chi connectivity index (χ3n) is 7.78. The first-order valence-corrected chi connectivity index (χ1v) is 14.6. The van der Waals surface area contributed by atoms with Gasteiger partial charge < -0.3 is 14.6 Å². The van der Waals surface area contributed by atoms with Crippen LogP contribution in [0.25, 0.3) is 22.4 Å². The van der Waals surface area contributed by atoms with E-state index in [0.717, 1.165) is 75.1 Å². The molecule has 3 fully saturated rings. The Morgan fingerprint density at radius 3 is 2.34 bits per heavy atom. The van der Waals surface area contributed by atoms with Crippen LogP contribution < -0.4 is 4.90 Å². The molecule has 0 radical (unpaired) electrons. The molecule has 202 valence electrons. The average Bonchev–Trinajstić information content (AvgIpc) is 3.43. The minimum absolute atomic E-state index is 0.0181. The molecule has 6 rings (SSSR count). The van der Waals surface area contributed by atoms with Crippen LogP contribution in [0.1, 0.15) is 38.5 Å². The summed E-state index contributed by atoms with van der Waals surface area (Å²) < 4.78 is 59.2. The lowest BCUT2D eigenvalue weighted by Crippen LogP contribution is -2.43. The van der Waals surface area contributed by atoms with E-state index in [1.165, 1.54) is 4.31 Å². The van der Waals surface area contributed by atoms with Crippen LogP contribution in [-0.4, -0.2) is 77.1 Å². The fourth-order valence-electron chi connectivity index (χ4n) is 5.78. The molecular weight excluding hydrogens is 516 g/mol. The van der Waals surface area contributed by atoms with Crippen LogP contribution in [0.5, 0.6) is 0 Å². The number of carbonyl (C=O) groups excluding carboxylic acids is 1. The van der Waals surface area contributed by atoms with Crippen LogP contribution in [0, 0.1) is 11.6 Å². The molecule has 3 aliphatic rings. The average molecular weight is 546 g/mol. The number of H-pyrrole nitrogens is 1. The molecule has 2 saturated heterocycles. The highest BCUT2D eigenvalue weighted by atomic mass is 32.2. The van der Waals surface area contributed by atoms with E-state index in [4.69, 9.17) is 4.74 Å². The molecule has 2 aromatic heterocycles. The molecule has 0 bridgehead atoms. The Morgan fingerprint density at radius 2 is 1.68 bits per heavy atom. The van der Waals surface area contributed by atoms with Gasteiger partial charge in [0.2, 0.25) is 10.0 Å². The van der Waals surface area contributed by atoms with Crippen molar-refractivity contribution in [3.8, 4) is 11.4 Å². The first-order chi connectivity index (χ1) is 18.2. The number of nitrogens with one attached hydrogen (secondary N) is 1. The van der Waals surface area contributed by atoms with Gasteiger partial charge in [-0.2, -0.15) is 4.31 Å². The van der Waals surface area contributed by atoms with E-state index >= 15 is 0 Å². The van der Waals surface area contributed by atoms with Crippen LogP contribution in [-0.2, 0) is 19.6 Å². The first-order valence-electron chi connectivity index (χ1n) is 13.0. The highest BCUT2D eigenvalue weighted by Gasteiger charge is 2.41. The normalized spacial score (nSPS) is 24.9. The number of carbonyl (C=O) groups is 1. The van der Waals surface area contributed by atoms with Crippen molar-refractivity contribution >= 4 is 32.7 Å². The number of fused-ring (bicyclic) bond motifs is 1. The van der Waals surface area contributed by atoms with Crippen molar-refractivity contribution in [1.29, 1.82) is 0 Å². The third-order valence-corrected chi connectivity index (χ3v) is 9.61. The van der Waals surface area contributed by atoms with Crippen LogP contribution in [0.4, 0.5) is 14.6 Å². The van der Waals surface area contributed by atoms with Crippen LogP contribution in [0.2, 0.25) is 0 Å². The van der Waals surface area contributed by atoms with E-state index in [1.807, 2.05) is 12.1 Å². The van der Waals surface area contributed by atoms with Gasteiger partial charge in [-0.15, -0.1) is 0 Å². The van der Waals surface area contributed by atoms with Crippen molar-refractivity contribution in [1.82, 2.24) is 19.3 Å². The lowest BCUT2D eigenvalue weighted by molar-refractivity contribution is -0.116. The topological polar surface area (TPSA) is 108 Å². The number of benzene rings is 1. The number of hydrogen-bond donors (Lipinski definition) is 1. The lowest BCUT2D eigenvalue weighted by Gasteiger charge is -2.37. The highest BCUT2D eigenvalue weighted by molar-refractivity contribution is 7.90. The van der Waals surface area contributed by atoms with Crippen molar-refractivity contribution in [2.45, 2.75) is 56.8 Å². The molecule has 0 spiro atoms. The molecule has 4 heterocycles. The molecule has 38 heavy (non-hydrogen) atoms. The van der Waals surface area contributed by atoms with Gasteiger partial charge in [0, 0.05) is 43.0 Å². The van der Waals surface area contributed by atoms with Gasteiger partial charge in [0.15, 0.2) is 17.4 Å². The lowest BCUT2D eigenvalue weighted by atomic mass is 9.92. The van der Waals surface area contributed by atoms with Crippen molar-refractivity contribution in [2.75, 3.05) is 30.3 Å². The van der Waals surface area contributed by atoms with Gasteiger partial charge in [-0.3, -0.25) is 4.79 Å². The number of halogens is 2. The number of rotatable bonds is 5. The van der Waals surface area contributed by atoms with E-state index in [9.17, 15) is 22.0 Å². The summed E-state index contributed by atoms with van der Waals surface area (Å²) in [6.07, 6.45) is 6.77. The number of Topliss-reactive ketones (excluding diaryl/α,β-unsaturated/α-hetero) is 1. The fraction of sp³-hybridized carbons (Fsp3) is 0.500. The summed E-state index contributed by atoms with van der Waals surface area (Å²) in [4.78, 5) is 25.8. The molecular formula is C26H29F2N5O4S. The van der Waals surface area contributed by atoms with Crippen molar-refractivity contribution in [3.63, 3.8) is 0 Å². The Kier molecular flexibility index (Phi) is 6.65. The van der Waals surface area contributed by atoms with Crippen LogP contribution >= 0.6 is 0 Å². The quantitative estimate of drug-likeness (QED) is 0.523. The van der Waals surface area contributed by atoms with Crippen molar-refractivity contribution in [3.05, 3.63) is 42.1 Å². The maximum absolute atomic E-state index is 13.5. The van der Waals surface area contributed by atoms with Gasteiger partial charge in [0.25, 0.3) is 0 Å². The number of ketones is 1. The van der Waals surface area contributed by atoms with Gasteiger partial charge in [0.1, 0.15) is 17.4 Å². The second-order valence-electron chi connectivity index (χ2n) is 10.4. The van der Waals surface area contributed by atoms with Crippen molar-refractivity contribution < 1.29 is 26.7 Å². The zero-order chi connectivity index (χ0) is 26.4. The number of nitrogens with zero attached hydrogens (tertiary/aromatic N) is 4. The summed E-state index contributed by atoms with van der Waals surface area (Å²) in [5, 5.41) is 0. The van der Waals surface area contributed by atoms with E-state index in [-0.39, 0.29) is 36.3 Å². The minimum Gasteiger partial charge on any atom is -0.375 e. The first kappa shape index (κ1) is 25.3. The molecule has 0 amide bonds. The number of aromatic nitrogens is 3. The summed E-state index contributed by atoms with van der Waals surface area (Å²) in [6.45, 7) is 1.64. The summed E-state index contributed by atoms with van der Waals surface area (Å²) in [5.41, 5.74) is 1.51. The highest BCUT2D eigenvalue weighted by Crippen LogP contribution is 2.31. The molecule has 9 nitrogen and oxygen atoms in total. The molecule has 3 aromatic rings. The summed E-state index contributed by atoms with van der Waals surface area (Å²) in [6, 6.07) is 5.89. The molecule has 1 aromatic carbocycles. The predicted octanol–water partition coefficient (Wildman–Crippen LogP) is 3.41. The maximum Gasteiger partial charge on any atom is 0.221 e. The number of imidazole rings is 1. The van der Waals surface area contributed by atoms with E-state index in [0.29, 0.717) is 16.9 Å². The van der Waals surface area contributed by atoms with Gasteiger partial charge in [-0.1, -0.05) is 0 Å². The zero-order valence-electron chi connectivity index (χ0n) is 20.8. The molecule has 2 aliphatic heterocycles. The monoisotopic (exact) mass is 545 g/mol. The SMILES string of the molecule is O=C1CN(C2CCC(OC3CCN(c4ccc(-c5nc6cc(F)c(F)cc6[nH]5)cn4)CC3)CC2)S(=O)(=O)C1. The number of aromatic amines is 1. The Bertz CT molecular complexity index is 1410. The zero-order valence-corrected chi connectivity index (χ0v) is 21.6. The molecule has 1 N–H and O–H groups in total. The van der Waals surface area contributed by atoms with Gasteiger partial charge in [-0.25, -0.2) is 27.2 Å². The second kappa shape index (κ2) is 9.97. The number of sulfonamides is 1. The standard InChI is InChI=1S/C26H29F2N5O4S/c27-21-11-23-24(12-22(21)28)31-26(30-23)16-1-6-25(29-13-16)32-9-7-20(8-10-32)37-19-4-2-17(3-5-19)33-14-18(34)15-38(33,35)36/h1,6,11-13,17,19-20H,2-5,7-10,14-15H2,(H,30,31). The summed E-state index contributed by atoms with van der Waals surface area (Å²) >= 11 is 0. The van der Waals surface area contributed by atoms with Crippen LogP contribution in [0.15, 0.2) is 30.5 Å². The summed E-state index contributed by atoms with van der Waals surface area (Å²) in [5.74, 6) is -1.08. The molecule has 1 saturated carbocycles. The second-order valence-corrected chi connectivity index (χ2v) is 12.3. The summed E-state index contributed by atoms with van der Waals surface area (Å²) in [7, 11) is -3.44. The Hall–Kier alpha value is -2.96. The smallest absolute Gasteiger partial charge is 0.221 e. The number of piperidine rings is 1. The molecule has 1 aliphatic carbocycles. The fourth-order valence-corrected chi connectivity index (χ4v) is 7.45. The van der Waals surface area contributed by atoms with Gasteiger partial charge in [0.05, 0.1) is 29.8 Å². The molecule has 0 atom stereocenters. The largest absolute Gasteiger partial charge is 0.375 e. The minimum atomic E-state index is -3.44. The number of hydrogen-bond acceptors (Lipinski definition) is 7. The number of ether oxygens (including phenoxy) is 1. The van der Waals surface area contributed by atoms with Crippen LogP contribution in [0.3, 0.4) is 0 Å². The Balaban J connectivity index is 0.999. The molecule has 12 heteroatoms. The Morgan fingerprint density at radius 1 is 0.974 bits per heavy atom. The Labute approximate surface area is 219 Å². The van der Waals surface area contributed by atoms with Gasteiger partial charge in [-0.05, 0) is 50.7 Å². The third kappa shape index (κ3) is 5.04. The van der Waals surface area contributed by atoms with E-state index < -0.39 is 21.7 Å². The molecule has 0 unspecified atom stereocenters. The number of anilines is 1. The van der Waals surface area contributed by atoms with Gasteiger partial charge >= 0.3 is 0 Å². The van der Waals surface area contributed by atoms with E-state index in [2.05, 4.69) is 19.9 Å². The predicted molar refractivity (Wildman–Crippen MR) is 137 cm³/mol. The van der Waals surface area contributed by atoms with E-state index in [1.54, 1.807) is 6.20 Å². The number of pyridine rings is 1.